The molecule has 1 aliphatic carbocycles. The fraction of sp³-hybridized carbons (Fsp3) is 1.00. The van der Waals surface area contributed by atoms with Gasteiger partial charge in [0.1, 0.15) is 0 Å². The second kappa shape index (κ2) is 2.01. The Morgan fingerprint density at radius 3 is 2.29 bits per heavy atom. The molecule has 2 N–H and O–H groups in total. The molecule has 0 aromatic carbocycles. The van der Waals surface area contributed by atoms with Crippen LogP contribution in [-0.2, 0) is 0 Å². The van der Waals surface area contributed by atoms with Crippen LogP contribution in [-0.4, -0.2) is 11.4 Å². The van der Waals surface area contributed by atoms with E-state index in [-0.39, 0.29) is 11.4 Å². The Labute approximate surface area is 48.8 Å². The number of hydrogen-bond donors (Lipinski definition) is 1. The molecule has 0 amide bonds. The van der Waals surface area contributed by atoms with Crippen molar-refractivity contribution < 1.29 is 0 Å². The monoisotopic (exact) mass is 119 g/mol. The van der Waals surface area contributed by atoms with Crippen molar-refractivity contribution in [3.8, 4) is 0 Å². The zero-order valence-corrected chi connectivity index (χ0v) is 4.99. The van der Waals surface area contributed by atoms with Crippen LogP contribution in [0.1, 0.15) is 19.3 Å². The molecule has 7 heavy (non-hydrogen) atoms. The summed E-state index contributed by atoms with van der Waals surface area (Å²) in [5.74, 6) is 0. The number of rotatable bonds is 0. The Morgan fingerprint density at radius 1 is 1.43 bits per heavy atom. The average Bonchev–Trinajstić information content (AvgIpc) is 1.91. The first-order chi connectivity index (χ1) is 3.30. The normalized spacial score (nSPS) is 42.0. The molecule has 0 aromatic heterocycles. The van der Waals surface area contributed by atoms with Crippen LogP contribution in [0.15, 0.2) is 0 Å². The summed E-state index contributed by atoms with van der Waals surface area (Å²) in [6.07, 6.45) is 3.45. The van der Waals surface area contributed by atoms with Crippen LogP contribution < -0.4 is 5.73 Å². The second-order valence-electron chi connectivity index (χ2n) is 2.11. The van der Waals surface area contributed by atoms with Gasteiger partial charge in [0.25, 0.3) is 0 Å². The first kappa shape index (κ1) is 5.39. The number of alkyl halides is 1. The van der Waals surface area contributed by atoms with Gasteiger partial charge >= 0.3 is 0 Å². The molecule has 0 bridgehead atoms. The van der Waals surface area contributed by atoms with E-state index in [0.29, 0.717) is 0 Å². The highest BCUT2D eigenvalue weighted by atomic mass is 35.5. The summed E-state index contributed by atoms with van der Waals surface area (Å²) in [4.78, 5) is 0. The predicted molar refractivity (Wildman–Crippen MR) is 31.5 cm³/mol. The summed E-state index contributed by atoms with van der Waals surface area (Å²) in [7, 11) is 0. The van der Waals surface area contributed by atoms with Crippen LogP contribution in [0, 0.1) is 0 Å². The molecule has 0 unspecified atom stereocenters. The first-order valence-corrected chi connectivity index (χ1v) is 3.14. The SMILES string of the molecule is N[C@H]1CCC[C@H]1Cl. The highest BCUT2D eigenvalue weighted by Crippen LogP contribution is 2.21. The summed E-state index contributed by atoms with van der Waals surface area (Å²) in [6.45, 7) is 0. The largest absolute Gasteiger partial charge is 0.326 e. The topological polar surface area (TPSA) is 26.0 Å². The molecule has 1 saturated carbocycles. The number of nitrogens with two attached hydrogens (primary N) is 1. The van der Waals surface area contributed by atoms with Gasteiger partial charge in [-0.2, -0.15) is 0 Å². The van der Waals surface area contributed by atoms with Crippen LogP contribution >= 0.6 is 11.6 Å². The van der Waals surface area contributed by atoms with E-state index >= 15 is 0 Å². The summed E-state index contributed by atoms with van der Waals surface area (Å²) in [6, 6.07) is 0.279. The maximum absolute atomic E-state index is 5.74. The van der Waals surface area contributed by atoms with Gasteiger partial charge in [-0.15, -0.1) is 11.6 Å². The van der Waals surface area contributed by atoms with Crippen LogP contribution in [0.2, 0.25) is 0 Å². The van der Waals surface area contributed by atoms with Gasteiger partial charge < -0.3 is 5.73 Å². The Morgan fingerprint density at radius 2 is 2.14 bits per heavy atom. The van der Waals surface area contributed by atoms with Crippen LogP contribution in [0.25, 0.3) is 0 Å². The third-order valence-corrected chi connectivity index (χ3v) is 2.02. The van der Waals surface area contributed by atoms with E-state index < -0.39 is 0 Å². The first-order valence-electron chi connectivity index (χ1n) is 2.70. The lowest BCUT2D eigenvalue weighted by Crippen LogP contribution is -2.24. The minimum absolute atomic E-state index is 0.264. The maximum Gasteiger partial charge on any atom is 0.0487 e. The van der Waals surface area contributed by atoms with E-state index in [1.807, 2.05) is 0 Å². The van der Waals surface area contributed by atoms with Gasteiger partial charge in [0, 0.05) is 11.4 Å². The molecule has 0 saturated heterocycles. The Bertz CT molecular complexity index is 57.1. The third kappa shape index (κ3) is 1.07. The Hall–Kier alpha value is 0.250. The van der Waals surface area contributed by atoms with Gasteiger partial charge in [-0.1, -0.05) is 6.42 Å². The van der Waals surface area contributed by atoms with E-state index in [1.54, 1.807) is 0 Å². The van der Waals surface area contributed by atoms with Crippen LogP contribution in [0.3, 0.4) is 0 Å². The second-order valence-corrected chi connectivity index (χ2v) is 2.67. The average molecular weight is 120 g/mol. The summed E-state index contributed by atoms with van der Waals surface area (Å²) in [5.41, 5.74) is 5.55. The van der Waals surface area contributed by atoms with E-state index in [2.05, 4.69) is 0 Å². The van der Waals surface area contributed by atoms with Crippen molar-refractivity contribution >= 4 is 11.6 Å². The van der Waals surface area contributed by atoms with Gasteiger partial charge in [-0.25, -0.2) is 0 Å². The van der Waals surface area contributed by atoms with Gasteiger partial charge in [0.05, 0.1) is 0 Å². The molecule has 0 spiro atoms. The molecule has 1 fully saturated rings. The van der Waals surface area contributed by atoms with Crippen LogP contribution in [0.5, 0.6) is 0 Å². The van der Waals surface area contributed by atoms with Crippen molar-refractivity contribution in [2.45, 2.75) is 30.7 Å². The molecule has 2 atom stereocenters. The zero-order valence-electron chi connectivity index (χ0n) is 4.23. The minimum Gasteiger partial charge on any atom is -0.326 e. The number of hydrogen-bond acceptors (Lipinski definition) is 1. The molecule has 1 aliphatic rings. The maximum atomic E-state index is 5.74. The number of halogens is 1. The van der Waals surface area contributed by atoms with E-state index in [4.69, 9.17) is 17.3 Å². The summed E-state index contributed by atoms with van der Waals surface area (Å²) >= 11 is 5.74. The molecule has 2 heteroatoms. The molecule has 0 heterocycles. The fourth-order valence-corrected chi connectivity index (χ4v) is 1.22. The molecule has 0 radical (unpaired) electrons. The smallest absolute Gasteiger partial charge is 0.0487 e. The molecule has 1 rings (SSSR count). The predicted octanol–water partition coefficient (Wildman–Crippen LogP) is 1.10. The molecule has 1 nitrogen and oxygen atoms in total. The molecule has 0 aliphatic heterocycles. The van der Waals surface area contributed by atoms with Gasteiger partial charge in [-0.3, -0.25) is 0 Å². The summed E-state index contributed by atoms with van der Waals surface area (Å²) in [5, 5.41) is 0.264. The standard InChI is InChI=1S/C5H10ClN/c6-4-2-1-3-5(4)7/h4-5H,1-3,7H2/t4-,5+/m1/s1. The molecular formula is C5H10ClN. The van der Waals surface area contributed by atoms with E-state index in [9.17, 15) is 0 Å². The summed E-state index contributed by atoms with van der Waals surface area (Å²) < 4.78 is 0. The van der Waals surface area contributed by atoms with Crippen molar-refractivity contribution in [2.75, 3.05) is 0 Å². The van der Waals surface area contributed by atoms with Gasteiger partial charge in [0.2, 0.25) is 0 Å². The fourth-order valence-electron chi connectivity index (χ4n) is 0.943. The molecule has 42 valence electrons. The van der Waals surface area contributed by atoms with Crippen molar-refractivity contribution in [2.24, 2.45) is 5.73 Å². The lowest BCUT2D eigenvalue weighted by molar-refractivity contribution is 0.710. The van der Waals surface area contributed by atoms with Crippen molar-refractivity contribution in [3.63, 3.8) is 0 Å². The van der Waals surface area contributed by atoms with Gasteiger partial charge in [-0.05, 0) is 12.8 Å². The van der Waals surface area contributed by atoms with Crippen LogP contribution in [0.4, 0.5) is 0 Å². The van der Waals surface area contributed by atoms with Crippen molar-refractivity contribution in [1.82, 2.24) is 0 Å². The minimum atomic E-state index is 0.264. The van der Waals surface area contributed by atoms with Gasteiger partial charge in [0.15, 0.2) is 0 Å². The molecular weight excluding hydrogens is 110 g/mol. The Balaban J connectivity index is 2.33. The highest BCUT2D eigenvalue weighted by Gasteiger charge is 2.20. The Kier molecular flexibility index (Phi) is 1.55. The third-order valence-electron chi connectivity index (χ3n) is 1.48. The quantitative estimate of drug-likeness (QED) is 0.475. The zero-order chi connectivity index (χ0) is 5.28. The molecule has 0 aromatic rings. The van der Waals surface area contributed by atoms with E-state index in [0.717, 1.165) is 12.8 Å². The lowest BCUT2D eigenvalue weighted by atomic mass is 10.3. The highest BCUT2D eigenvalue weighted by molar-refractivity contribution is 6.21. The van der Waals surface area contributed by atoms with Crippen molar-refractivity contribution in [3.05, 3.63) is 0 Å². The lowest BCUT2D eigenvalue weighted by Gasteiger charge is -2.03. The van der Waals surface area contributed by atoms with E-state index in [1.165, 1.54) is 6.42 Å². The van der Waals surface area contributed by atoms with Crippen molar-refractivity contribution in [1.29, 1.82) is 0 Å².